The largest absolute Gasteiger partial charge is 0.462 e. The minimum Gasteiger partial charge on any atom is -0.462 e. The number of carbonyl (C=O) groups excluding carboxylic acids is 3. The van der Waals surface area contributed by atoms with Crippen molar-refractivity contribution < 1.29 is 28.6 Å². The van der Waals surface area contributed by atoms with Crippen LogP contribution in [-0.2, 0) is 28.6 Å². The van der Waals surface area contributed by atoms with E-state index in [1.807, 2.05) is 0 Å². The SMILES string of the molecule is CCCCCCCCCCCCCCCCCCCCC(=O)OC[C@H](COC(=O)CCCCCCCCC(C)C)OC(=O)CCCCCCCCCCCCCCCCCCC. The highest BCUT2D eigenvalue weighted by Gasteiger charge is 2.19. The van der Waals surface area contributed by atoms with Gasteiger partial charge in [0.1, 0.15) is 13.2 Å². The zero-order valence-corrected chi connectivity index (χ0v) is 42.3. The van der Waals surface area contributed by atoms with Gasteiger partial charge in [0.2, 0.25) is 0 Å². The molecule has 0 fully saturated rings. The zero-order chi connectivity index (χ0) is 45.2. The molecule has 0 unspecified atom stereocenters. The van der Waals surface area contributed by atoms with Crippen LogP contribution in [0, 0.1) is 5.92 Å². The molecule has 0 N–H and O–H groups in total. The summed E-state index contributed by atoms with van der Waals surface area (Å²) in [6, 6.07) is 0. The van der Waals surface area contributed by atoms with Crippen molar-refractivity contribution in [3.8, 4) is 0 Å². The second-order valence-electron chi connectivity index (χ2n) is 19.7. The molecule has 1 atom stereocenters. The molecule has 0 aliphatic heterocycles. The molecule has 0 aromatic carbocycles. The lowest BCUT2D eigenvalue weighted by Crippen LogP contribution is -2.30. The summed E-state index contributed by atoms with van der Waals surface area (Å²) in [4.78, 5) is 38.0. The Kier molecular flexibility index (Phi) is 49.1. The Hall–Kier alpha value is -1.59. The fraction of sp³-hybridized carbons (Fsp3) is 0.946. The lowest BCUT2D eigenvalue weighted by molar-refractivity contribution is -0.167. The van der Waals surface area contributed by atoms with Crippen LogP contribution in [0.25, 0.3) is 0 Å². The number of unbranched alkanes of at least 4 members (excludes halogenated alkanes) is 38. The Morgan fingerprint density at radius 2 is 0.532 bits per heavy atom. The maximum absolute atomic E-state index is 12.8. The van der Waals surface area contributed by atoms with Crippen LogP contribution in [0.5, 0.6) is 0 Å². The predicted octanol–water partition coefficient (Wildman–Crippen LogP) is 18.2. The number of rotatable bonds is 51. The standard InChI is InChI=1S/C56H108O6/c1-5-7-9-11-13-15-17-19-21-23-25-26-28-30-32-34-39-43-47-54(57)60-50-53(51-61-55(58)48-44-40-37-36-38-42-46-52(3)4)62-56(59)49-45-41-35-33-31-29-27-24-22-20-18-16-14-12-10-8-6-2/h52-53H,5-51H2,1-4H3/t53-/m1/s1. The third-order valence-corrected chi connectivity index (χ3v) is 12.8. The third-order valence-electron chi connectivity index (χ3n) is 12.8. The fourth-order valence-electron chi connectivity index (χ4n) is 8.57. The van der Waals surface area contributed by atoms with E-state index in [1.165, 1.54) is 212 Å². The number of esters is 3. The van der Waals surface area contributed by atoms with E-state index < -0.39 is 6.10 Å². The Bertz CT molecular complexity index is 933. The van der Waals surface area contributed by atoms with Gasteiger partial charge in [0, 0.05) is 19.3 Å². The number of carbonyl (C=O) groups is 3. The molecule has 0 bridgehead atoms. The first-order chi connectivity index (χ1) is 30.4. The second-order valence-corrected chi connectivity index (χ2v) is 19.7. The van der Waals surface area contributed by atoms with Gasteiger partial charge >= 0.3 is 17.9 Å². The summed E-state index contributed by atoms with van der Waals surface area (Å²) >= 11 is 0. The van der Waals surface area contributed by atoms with Crippen LogP contribution < -0.4 is 0 Å². The molecular formula is C56H108O6. The van der Waals surface area contributed by atoms with Crippen molar-refractivity contribution >= 4 is 17.9 Å². The Labute approximate surface area is 387 Å². The Morgan fingerprint density at radius 3 is 0.790 bits per heavy atom. The zero-order valence-electron chi connectivity index (χ0n) is 42.3. The summed E-state index contributed by atoms with van der Waals surface area (Å²) in [6.07, 6.45) is 54.0. The van der Waals surface area contributed by atoms with Gasteiger partial charge < -0.3 is 14.2 Å². The van der Waals surface area contributed by atoms with E-state index in [2.05, 4.69) is 27.7 Å². The molecule has 0 aromatic heterocycles. The van der Waals surface area contributed by atoms with E-state index in [0.717, 1.165) is 63.7 Å². The molecule has 0 amide bonds. The van der Waals surface area contributed by atoms with Crippen molar-refractivity contribution in [2.45, 2.75) is 323 Å². The van der Waals surface area contributed by atoms with E-state index in [-0.39, 0.29) is 31.1 Å². The van der Waals surface area contributed by atoms with Gasteiger partial charge in [0.25, 0.3) is 0 Å². The first-order valence-electron chi connectivity index (χ1n) is 27.9. The van der Waals surface area contributed by atoms with E-state index in [0.29, 0.717) is 19.3 Å². The van der Waals surface area contributed by atoms with Crippen LogP contribution in [0.3, 0.4) is 0 Å². The quantitative estimate of drug-likeness (QED) is 0.0344. The molecule has 6 nitrogen and oxygen atoms in total. The summed E-state index contributed by atoms with van der Waals surface area (Å²) in [5.41, 5.74) is 0. The van der Waals surface area contributed by atoms with Gasteiger partial charge in [-0.25, -0.2) is 0 Å². The van der Waals surface area contributed by atoms with Crippen molar-refractivity contribution in [3.05, 3.63) is 0 Å². The van der Waals surface area contributed by atoms with Crippen molar-refractivity contribution in [3.63, 3.8) is 0 Å². The maximum atomic E-state index is 12.8. The van der Waals surface area contributed by atoms with E-state index in [4.69, 9.17) is 14.2 Å². The smallest absolute Gasteiger partial charge is 0.306 e. The normalized spacial score (nSPS) is 12.0. The van der Waals surface area contributed by atoms with Gasteiger partial charge in [-0.3, -0.25) is 14.4 Å². The van der Waals surface area contributed by atoms with Crippen LogP contribution >= 0.6 is 0 Å². The summed E-state index contributed by atoms with van der Waals surface area (Å²) in [7, 11) is 0. The number of ether oxygens (including phenoxy) is 3. The average molecular weight is 877 g/mol. The molecule has 62 heavy (non-hydrogen) atoms. The molecule has 0 saturated heterocycles. The maximum Gasteiger partial charge on any atom is 0.306 e. The third kappa shape index (κ3) is 49.4. The summed E-state index contributed by atoms with van der Waals surface area (Å²) in [6.45, 7) is 8.98. The van der Waals surface area contributed by atoms with Crippen molar-refractivity contribution in [2.75, 3.05) is 13.2 Å². The minimum absolute atomic E-state index is 0.0632. The highest BCUT2D eigenvalue weighted by atomic mass is 16.6. The van der Waals surface area contributed by atoms with Crippen LogP contribution in [-0.4, -0.2) is 37.2 Å². The molecular weight excluding hydrogens is 769 g/mol. The fourth-order valence-corrected chi connectivity index (χ4v) is 8.57. The van der Waals surface area contributed by atoms with E-state index >= 15 is 0 Å². The lowest BCUT2D eigenvalue weighted by Gasteiger charge is -2.18. The van der Waals surface area contributed by atoms with Crippen LogP contribution in [0.1, 0.15) is 317 Å². The highest BCUT2D eigenvalue weighted by Crippen LogP contribution is 2.18. The molecule has 368 valence electrons. The predicted molar refractivity (Wildman–Crippen MR) is 266 cm³/mol. The molecule has 0 radical (unpaired) electrons. The monoisotopic (exact) mass is 877 g/mol. The Balaban J connectivity index is 4.22. The molecule has 6 heteroatoms. The number of hydrogen-bond acceptors (Lipinski definition) is 6. The first kappa shape index (κ1) is 60.4. The van der Waals surface area contributed by atoms with Crippen LogP contribution in [0.2, 0.25) is 0 Å². The average Bonchev–Trinajstić information content (AvgIpc) is 3.26. The van der Waals surface area contributed by atoms with E-state index in [1.54, 1.807) is 0 Å². The molecule has 0 aliphatic carbocycles. The molecule has 0 saturated carbocycles. The second kappa shape index (κ2) is 50.4. The Morgan fingerprint density at radius 1 is 0.306 bits per heavy atom. The van der Waals surface area contributed by atoms with Gasteiger partial charge in [0.05, 0.1) is 0 Å². The van der Waals surface area contributed by atoms with Crippen LogP contribution in [0.15, 0.2) is 0 Å². The number of hydrogen-bond donors (Lipinski definition) is 0. The summed E-state index contributed by atoms with van der Waals surface area (Å²) in [5.74, 6) is -0.0814. The molecule has 0 heterocycles. The lowest BCUT2D eigenvalue weighted by atomic mass is 10.0. The summed E-state index contributed by atoms with van der Waals surface area (Å²) < 4.78 is 16.8. The van der Waals surface area contributed by atoms with Gasteiger partial charge in [-0.2, -0.15) is 0 Å². The molecule has 0 aromatic rings. The van der Waals surface area contributed by atoms with Gasteiger partial charge in [-0.15, -0.1) is 0 Å². The van der Waals surface area contributed by atoms with Gasteiger partial charge in [-0.05, 0) is 25.2 Å². The van der Waals surface area contributed by atoms with Gasteiger partial charge in [0.15, 0.2) is 6.10 Å². The highest BCUT2D eigenvalue weighted by molar-refractivity contribution is 5.71. The molecule has 0 aliphatic rings. The minimum atomic E-state index is -0.762. The van der Waals surface area contributed by atoms with Gasteiger partial charge in [-0.1, -0.05) is 278 Å². The summed E-state index contributed by atoms with van der Waals surface area (Å²) in [5, 5.41) is 0. The van der Waals surface area contributed by atoms with Crippen LogP contribution in [0.4, 0.5) is 0 Å². The van der Waals surface area contributed by atoms with Crippen molar-refractivity contribution in [2.24, 2.45) is 5.92 Å². The molecule has 0 rings (SSSR count). The first-order valence-corrected chi connectivity index (χ1v) is 27.9. The topological polar surface area (TPSA) is 78.9 Å². The molecule has 0 spiro atoms. The van der Waals surface area contributed by atoms with Crippen molar-refractivity contribution in [1.82, 2.24) is 0 Å². The van der Waals surface area contributed by atoms with E-state index in [9.17, 15) is 14.4 Å². The van der Waals surface area contributed by atoms with Crippen molar-refractivity contribution in [1.29, 1.82) is 0 Å².